The number of fused-ring (bicyclic) bond motifs is 3. The lowest BCUT2D eigenvalue weighted by Gasteiger charge is -2.06. The molecular weight excluding hydrogens is 414 g/mol. The van der Waals surface area contributed by atoms with Crippen molar-refractivity contribution >= 4 is 49.1 Å². The molecule has 2 heterocycles. The van der Waals surface area contributed by atoms with Crippen molar-refractivity contribution in [2.24, 2.45) is 0 Å². The van der Waals surface area contributed by atoms with E-state index in [1.807, 2.05) is 11.3 Å². The van der Waals surface area contributed by atoms with Crippen molar-refractivity contribution < 1.29 is 0 Å². The summed E-state index contributed by atoms with van der Waals surface area (Å²) in [6.07, 6.45) is 6.40. The number of aryl methyl sites for hydroxylation is 2. The molecule has 0 bridgehead atoms. The number of hydrogen-bond acceptors (Lipinski definition) is 1. The molecule has 3 heteroatoms. The third-order valence-electron chi connectivity index (χ3n) is 5.43. The summed E-state index contributed by atoms with van der Waals surface area (Å²) >= 11 is 5.59. The van der Waals surface area contributed by atoms with Gasteiger partial charge in [-0.15, -0.1) is 11.3 Å². The SMILES string of the molecule is CCCCCCc1cc(Br)sc1-c1ccc2c(c1)c1ccccc1n2CC. The van der Waals surface area contributed by atoms with E-state index in [-0.39, 0.29) is 0 Å². The zero-order chi connectivity index (χ0) is 18.8. The minimum Gasteiger partial charge on any atom is -0.341 e. The van der Waals surface area contributed by atoms with Gasteiger partial charge in [0.1, 0.15) is 0 Å². The number of aromatic nitrogens is 1. The van der Waals surface area contributed by atoms with Gasteiger partial charge in [-0.25, -0.2) is 0 Å². The Morgan fingerprint density at radius 3 is 2.52 bits per heavy atom. The standard InChI is InChI=1S/C24H26BrNS/c1-3-5-6-7-10-17-16-23(25)27-24(17)18-13-14-22-20(15-18)19-11-8-9-12-21(19)26(22)4-2/h8-9,11-16H,3-7,10H2,1-2H3. The Morgan fingerprint density at radius 1 is 0.889 bits per heavy atom. The van der Waals surface area contributed by atoms with Crippen molar-refractivity contribution in [3.63, 3.8) is 0 Å². The molecule has 27 heavy (non-hydrogen) atoms. The van der Waals surface area contributed by atoms with Crippen LogP contribution in [0.25, 0.3) is 32.2 Å². The van der Waals surface area contributed by atoms with Gasteiger partial charge in [0, 0.05) is 33.2 Å². The van der Waals surface area contributed by atoms with E-state index in [0.717, 1.165) is 6.54 Å². The van der Waals surface area contributed by atoms with Crippen LogP contribution in [0, 0.1) is 0 Å². The first-order chi connectivity index (χ1) is 13.2. The monoisotopic (exact) mass is 439 g/mol. The van der Waals surface area contributed by atoms with Crippen LogP contribution in [-0.4, -0.2) is 4.57 Å². The Labute approximate surface area is 174 Å². The fraction of sp³-hybridized carbons (Fsp3) is 0.333. The van der Waals surface area contributed by atoms with Crippen molar-refractivity contribution in [2.45, 2.75) is 52.5 Å². The van der Waals surface area contributed by atoms with Crippen LogP contribution in [0.2, 0.25) is 0 Å². The lowest BCUT2D eigenvalue weighted by Crippen LogP contribution is -1.92. The van der Waals surface area contributed by atoms with Gasteiger partial charge >= 0.3 is 0 Å². The lowest BCUT2D eigenvalue weighted by atomic mass is 10.0. The summed E-state index contributed by atoms with van der Waals surface area (Å²) < 4.78 is 3.66. The molecule has 0 atom stereocenters. The Kier molecular flexibility index (Phi) is 5.70. The van der Waals surface area contributed by atoms with Gasteiger partial charge in [0.2, 0.25) is 0 Å². The van der Waals surface area contributed by atoms with Gasteiger partial charge in [-0.3, -0.25) is 0 Å². The zero-order valence-electron chi connectivity index (χ0n) is 16.1. The van der Waals surface area contributed by atoms with Gasteiger partial charge in [0.25, 0.3) is 0 Å². The summed E-state index contributed by atoms with van der Waals surface area (Å²) in [5.41, 5.74) is 5.51. The number of hydrogen-bond donors (Lipinski definition) is 0. The van der Waals surface area contributed by atoms with Gasteiger partial charge in [-0.2, -0.15) is 0 Å². The number of thiophene rings is 1. The minimum atomic E-state index is 0.997. The fourth-order valence-electron chi connectivity index (χ4n) is 4.10. The molecule has 0 aliphatic carbocycles. The highest BCUT2D eigenvalue weighted by Gasteiger charge is 2.14. The Bertz CT molecular complexity index is 1070. The number of halogens is 1. The predicted molar refractivity (Wildman–Crippen MR) is 124 cm³/mol. The third kappa shape index (κ3) is 3.60. The van der Waals surface area contributed by atoms with Crippen LogP contribution >= 0.6 is 27.3 Å². The van der Waals surface area contributed by atoms with E-state index in [1.165, 1.54) is 73.7 Å². The lowest BCUT2D eigenvalue weighted by molar-refractivity contribution is 0.668. The topological polar surface area (TPSA) is 4.93 Å². The molecule has 0 spiro atoms. The van der Waals surface area contributed by atoms with E-state index in [9.17, 15) is 0 Å². The van der Waals surface area contributed by atoms with Gasteiger partial charge in [-0.05, 0) is 71.1 Å². The molecule has 0 aliphatic heterocycles. The van der Waals surface area contributed by atoms with Crippen LogP contribution in [0.4, 0.5) is 0 Å². The van der Waals surface area contributed by atoms with Crippen molar-refractivity contribution in [1.82, 2.24) is 4.57 Å². The predicted octanol–water partition coefficient (Wildman–Crippen LogP) is 8.43. The van der Waals surface area contributed by atoms with Gasteiger partial charge in [0.05, 0.1) is 3.79 Å². The Hall–Kier alpha value is -1.58. The molecule has 4 rings (SSSR count). The molecule has 2 aromatic heterocycles. The highest BCUT2D eigenvalue weighted by Crippen LogP contribution is 2.39. The molecule has 0 unspecified atom stereocenters. The molecule has 0 radical (unpaired) electrons. The maximum absolute atomic E-state index is 3.72. The van der Waals surface area contributed by atoms with E-state index < -0.39 is 0 Å². The summed E-state index contributed by atoms with van der Waals surface area (Å²) in [5, 5.41) is 2.72. The van der Waals surface area contributed by atoms with E-state index in [0.29, 0.717) is 0 Å². The molecule has 0 saturated carbocycles. The fourth-order valence-corrected chi connectivity index (χ4v) is 5.80. The average molecular weight is 440 g/mol. The van der Waals surface area contributed by atoms with Crippen molar-refractivity contribution in [3.8, 4) is 10.4 Å². The third-order valence-corrected chi connectivity index (χ3v) is 7.16. The summed E-state index contributed by atoms with van der Waals surface area (Å²) in [6, 6.07) is 18.1. The van der Waals surface area contributed by atoms with E-state index in [1.54, 1.807) is 0 Å². The highest BCUT2D eigenvalue weighted by atomic mass is 79.9. The Balaban J connectivity index is 1.78. The number of unbranched alkanes of at least 4 members (excludes halogenated alkanes) is 3. The smallest absolute Gasteiger partial charge is 0.0707 e. The van der Waals surface area contributed by atoms with E-state index >= 15 is 0 Å². The highest BCUT2D eigenvalue weighted by molar-refractivity contribution is 9.11. The molecule has 0 fully saturated rings. The van der Waals surface area contributed by atoms with E-state index in [2.05, 4.69) is 82.9 Å². The molecule has 1 nitrogen and oxygen atoms in total. The molecule has 0 N–H and O–H groups in total. The molecule has 2 aromatic carbocycles. The first kappa shape index (κ1) is 18.8. The molecule has 4 aromatic rings. The summed E-state index contributed by atoms with van der Waals surface area (Å²) in [7, 11) is 0. The number of nitrogens with zero attached hydrogens (tertiary/aromatic N) is 1. The minimum absolute atomic E-state index is 0.997. The molecule has 0 saturated heterocycles. The van der Waals surface area contributed by atoms with Crippen LogP contribution < -0.4 is 0 Å². The Morgan fingerprint density at radius 2 is 1.70 bits per heavy atom. The maximum atomic E-state index is 3.72. The molecule has 0 aliphatic rings. The van der Waals surface area contributed by atoms with Gasteiger partial charge in [-0.1, -0.05) is 50.5 Å². The maximum Gasteiger partial charge on any atom is 0.0707 e. The number of para-hydroxylation sites is 1. The van der Waals surface area contributed by atoms with Crippen molar-refractivity contribution in [3.05, 3.63) is 57.9 Å². The summed E-state index contributed by atoms with van der Waals surface area (Å²) in [5.74, 6) is 0. The molecule has 140 valence electrons. The van der Waals surface area contributed by atoms with E-state index in [4.69, 9.17) is 0 Å². The van der Waals surface area contributed by atoms with Crippen molar-refractivity contribution in [1.29, 1.82) is 0 Å². The number of benzene rings is 2. The van der Waals surface area contributed by atoms with Crippen LogP contribution in [0.1, 0.15) is 45.1 Å². The molecular formula is C24H26BrNS. The van der Waals surface area contributed by atoms with Crippen LogP contribution in [0.3, 0.4) is 0 Å². The second kappa shape index (κ2) is 8.20. The second-order valence-electron chi connectivity index (χ2n) is 7.21. The van der Waals surface area contributed by atoms with Crippen LogP contribution in [0.5, 0.6) is 0 Å². The van der Waals surface area contributed by atoms with Crippen LogP contribution in [0.15, 0.2) is 52.3 Å². The first-order valence-corrected chi connectivity index (χ1v) is 11.6. The quantitative estimate of drug-likeness (QED) is 0.254. The van der Waals surface area contributed by atoms with Gasteiger partial charge < -0.3 is 4.57 Å². The van der Waals surface area contributed by atoms with Crippen molar-refractivity contribution in [2.75, 3.05) is 0 Å². The first-order valence-electron chi connectivity index (χ1n) is 10.0. The number of rotatable bonds is 7. The average Bonchev–Trinajstić information content (AvgIpc) is 3.22. The zero-order valence-corrected chi connectivity index (χ0v) is 18.5. The molecule has 0 amide bonds. The second-order valence-corrected chi connectivity index (χ2v) is 9.64. The van der Waals surface area contributed by atoms with Gasteiger partial charge in [0.15, 0.2) is 0 Å². The summed E-state index contributed by atoms with van der Waals surface area (Å²) in [6.45, 7) is 5.50. The van der Waals surface area contributed by atoms with Crippen LogP contribution in [-0.2, 0) is 13.0 Å². The normalized spacial score (nSPS) is 11.7. The largest absolute Gasteiger partial charge is 0.341 e. The summed E-state index contributed by atoms with van der Waals surface area (Å²) in [4.78, 5) is 1.42.